The fourth-order valence-electron chi connectivity index (χ4n) is 4.78. The zero-order valence-electron chi connectivity index (χ0n) is 23.7. The molecule has 0 unspecified atom stereocenters. The number of carbonyl (C=O) groups excluding carboxylic acids is 2. The molecule has 214 valence electrons. The number of aryl methyl sites for hydroxylation is 2. The van der Waals surface area contributed by atoms with Gasteiger partial charge in [0.25, 0.3) is 0 Å². The smallest absolute Gasteiger partial charge is 0.410 e. The number of anilines is 2. The summed E-state index contributed by atoms with van der Waals surface area (Å²) in [4.78, 5) is 27.5. The van der Waals surface area contributed by atoms with Crippen LogP contribution < -0.4 is 10.6 Å². The first-order valence-corrected chi connectivity index (χ1v) is 13.7. The molecule has 2 aromatic carbocycles. The minimum absolute atomic E-state index is 0.0254. The Balaban J connectivity index is 1.54. The molecule has 3 aromatic rings. The SMILES string of the molecule is Cc1noc(C)c1-c1ccc(N[C@H]2CCN(C(=O)OC(C)(C)C)C2)c(NC(=O)[C@@H](C)Cc2ccc(Cl)c(F)c2)c1. The van der Waals surface area contributed by atoms with Crippen LogP contribution >= 0.6 is 11.6 Å². The number of rotatable bonds is 7. The molecular formula is C30H36ClFN4O4. The number of nitrogens with one attached hydrogen (secondary N) is 2. The van der Waals surface area contributed by atoms with Gasteiger partial charge in [-0.25, -0.2) is 9.18 Å². The Morgan fingerprint density at radius 1 is 1.20 bits per heavy atom. The Hall–Kier alpha value is -3.59. The van der Waals surface area contributed by atoms with Crippen molar-refractivity contribution in [1.82, 2.24) is 10.1 Å². The van der Waals surface area contributed by atoms with Crippen LogP contribution in [0.2, 0.25) is 5.02 Å². The first-order valence-electron chi connectivity index (χ1n) is 13.4. The maximum absolute atomic E-state index is 13.9. The number of hydrogen-bond acceptors (Lipinski definition) is 6. The summed E-state index contributed by atoms with van der Waals surface area (Å²) < 4.78 is 24.8. The first kappa shape index (κ1) is 29.4. The average Bonchev–Trinajstić information content (AvgIpc) is 3.47. The molecule has 1 aliphatic rings. The van der Waals surface area contributed by atoms with Crippen molar-refractivity contribution in [2.45, 2.75) is 66.0 Å². The van der Waals surface area contributed by atoms with Crippen molar-refractivity contribution in [3.8, 4) is 11.1 Å². The highest BCUT2D eigenvalue weighted by Gasteiger charge is 2.30. The molecule has 1 aliphatic heterocycles. The van der Waals surface area contributed by atoms with Crippen molar-refractivity contribution in [2.24, 2.45) is 5.92 Å². The quantitative estimate of drug-likeness (QED) is 0.318. The number of amides is 2. The third-order valence-electron chi connectivity index (χ3n) is 6.77. The number of carbonyl (C=O) groups is 2. The van der Waals surface area contributed by atoms with Crippen LogP contribution in [0, 0.1) is 25.6 Å². The van der Waals surface area contributed by atoms with Crippen LogP contribution in [0.4, 0.5) is 20.6 Å². The number of nitrogens with zero attached hydrogens (tertiary/aromatic N) is 2. The van der Waals surface area contributed by atoms with Gasteiger partial charge in [0.05, 0.1) is 22.1 Å². The zero-order valence-corrected chi connectivity index (χ0v) is 24.5. The topological polar surface area (TPSA) is 96.7 Å². The van der Waals surface area contributed by atoms with Gasteiger partial charge in [-0.15, -0.1) is 0 Å². The molecule has 2 amide bonds. The lowest BCUT2D eigenvalue weighted by molar-refractivity contribution is -0.119. The van der Waals surface area contributed by atoms with Crippen molar-refractivity contribution < 1.29 is 23.2 Å². The maximum atomic E-state index is 13.9. The van der Waals surface area contributed by atoms with Gasteiger partial charge in [-0.05, 0) is 82.9 Å². The molecule has 0 aliphatic carbocycles. The predicted molar refractivity (Wildman–Crippen MR) is 154 cm³/mol. The second-order valence-electron chi connectivity index (χ2n) is 11.4. The number of benzene rings is 2. The van der Waals surface area contributed by atoms with Gasteiger partial charge in [-0.1, -0.05) is 35.8 Å². The molecule has 2 heterocycles. The summed E-state index contributed by atoms with van der Waals surface area (Å²) in [6, 6.07) is 10.3. The lowest BCUT2D eigenvalue weighted by Crippen LogP contribution is -2.36. The normalized spacial score (nSPS) is 16.1. The molecule has 0 saturated carbocycles. The van der Waals surface area contributed by atoms with E-state index in [1.807, 2.05) is 52.8 Å². The molecule has 1 saturated heterocycles. The Bertz CT molecular complexity index is 1380. The van der Waals surface area contributed by atoms with Crippen molar-refractivity contribution in [2.75, 3.05) is 23.7 Å². The summed E-state index contributed by atoms with van der Waals surface area (Å²) in [5, 5.41) is 10.7. The molecule has 2 N–H and O–H groups in total. The third kappa shape index (κ3) is 7.13. The van der Waals surface area contributed by atoms with Crippen LogP contribution in [0.3, 0.4) is 0 Å². The van der Waals surface area contributed by atoms with Crippen LogP contribution in [0.5, 0.6) is 0 Å². The average molecular weight is 571 g/mol. The van der Waals surface area contributed by atoms with E-state index in [1.165, 1.54) is 12.1 Å². The second kappa shape index (κ2) is 11.9. The van der Waals surface area contributed by atoms with Crippen LogP contribution in [-0.2, 0) is 16.0 Å². The van der Waals surface area contributed by atoms with Gasteiger partial charge in [0.1, 0.15) is 17.2 Å². The summed E-state index contributed by atoms with van der Waals surface area (Å²) in [5.41, 5.74) is 3.90. The zero-order chi connectivity index (χ0) is 29.2. The third-order valence-corrected chi connectivity index (χ3v) is 7.08. The molecule has 0 bridgehead atoms. The van der Waals surface area contributed by atoms with Gasteiger partial charge in [-0.3, -0.25) is 4.79 Å². The van der Waals surface area contributed by atoms with E-state index in [-0.39, 0.29) is 23.1 Å². The van der Waals surface area contributed by atoms with Gasteiger partial charge in [0.2, 0.25) is 5.91 Å². The van der Waals surface area contributed by atoms with Gasteiger partial charge in [-0.2, -0.15) is 0 Å². The van der Waals surface area contributed by atoms with E-state index in [2.05, 4.69) is 15.8 Å². The van der Waals surface area contributed by atoms with E-state index in [0.29, 0.717) is 36.5 Å². The van der Waals surface area contributed by atoms with Crippen molar-refractivity contribution in [3.05, 3.63) is 64.3 Å². The molecule has 4 rings (SSSR count). The Morgan fingerprint density at radius 3 is 2.60 bits per heavy atom. The summed E-state index contributed by atoms with van der Waals surface area (Å²) in [7, 11) is 0. The van der Waals surface area contributed by atoms with Gasteiger partial charge >= 0.3 is 6.09 Å². The first-order chi connectivity index (χ1) is 18.8. The minimum atomic E-state index is -0.567. The van der Waals surface area contributed by atoms with Crippen molar-refractivity contribution >= 4 is 35.0 Å². The number of ether oxygens (including phenoxy) is 1. The van der Waals surface area contributed by atoms with Gasteiger partial charge in [0, 0.05) is 30.6 Å². The highest BCUT2D eigenvalue weighted by molar-refractivity contribution is 6.30. The molecule has 0 radical (unpaired) electrons. The highest BCUT2D eigenvalue weighted by Crippen LogP contribution is 2.34. The Labute approximate surface area is 239 Å². The lowest BCUT2D eigenvalue weighted by Gasteiger charge is -2.25. The van der Waals surface area contributed by atoms with Crippen molar-refractivity contribution in [1.29, 1.82) is 0 Å². The van der Waals surface area contributed by atoms with Crippen LogP contribution in [0.1, 0.15) is 51.1 Å². The van der Waals surface area contributed by atoms with E-state index in [1.54, 1.807) is 17.9 Å². The molecule has 1 aromatic heterocycles. The fourth-order valence-corrected chi connectivity index (χ4v) is 4.90. The molecular weight excluding hydrogens is 535 g/mol. The van der Waals surface area contributed by atoms with E-state index in [9.17, 15) is 14.0 Å². The molecule has 0 spiro atoms. The van der Waals surface area contributed by atoms with Crippen LogP contribution in [0.15, 0.2) is 40.9 Å². The van der Waals surface area contributed by atoms with Crippen molar-refractivity contribution in [3.63, 3.8) is 0 Å². The monoisotopic (exact) mass is 570 g/mol. The van der Waals surface area contributed by atoms with E-state index in [0.717, 1.165) is 28.9 Å². The second-order valence-corrected chi connectivity index (χ2v) is 11.8. The number of aromatic nitrogens is 1. The number of halogens is 2. The minimum Gasteiger partial charge on any atom is -0.444 e. The van der Waals surface area contributed by atoms with E-state index in [4.69, 9.17) is 20.9 Å². The number of hydrogen-bond donors (Lipinski definition) is 2. The maximum Gasteiger partial charge on any atom is 0.410 e. The molecule has 40 heavy (non-hydrogen) atoms. The highest BCUT2D eigenvalue weighted by atomic mass is 35.5. The summed E-state index contributed by atoms with van der Waals surface area (Å²) in [6.07, 6.45) is 0.739. The Kier molecular flexibility index (Phi) is 8.73. The molecule has 8 nitrogen and oxygen atoms in total. The summed E-state index contributed by atoms with van der Waals surface area (Å²) in [6.45, 7) is 12.1. The van der Waals surface area contributed by atoms with Gasteiger partial charge < -0.3 is 24.8 Å². The summed E-state index contributed by atoms with van der Waals surface area (Å²) in [5.74, 6) is -0.485. The van der Waals surface area contributed by atoms with Crippen LogP contribution in [-0.4, -0.2) is 46.8 Å². The predicted octanol–water partition coefficient (Wildman–Crippen LogP) is 6.99. The Morgan fingerprint density at radius 2 is 1.95 bits per heavy atom. The molecule has 2 atom stereocenters. The fraction of sp³-hybridized carbons (Fsp3) is 0.433. The van der Waals surface area contributed by atoms with Crippen LogP contribution in [0.25, 0.3) is 11.1 Å². The standard InChI is InChI=1S/C30H36ClFN4O4/c1-17(13-20-7-9-23(31)24(32)14-20)28(37)34-26-15-21(27-18(2)35-40-19(27)3)8-10-25(26)33-22-11-12-36(16-22)29(38)39-30(4,5)6/h7-10,14-15,17,22,33H,11-13,16H2,1-6H3,(H,34,37)/t17-,22-/m0/s1. The van der Waals surface area contributed by atoms with E-state index < -0.39 is 17.3 Å². The summed E-state index contributed by atoms with van der Waals surface area (Å²) >= 11 is 5.81. The molecule has 1 fully saturated rings. The lowest BCUT2D eigenvalue weighted by atomic mass is 9.99. The molecule has 10 heteroatoms. The van der Waals surface area contributed by atoms with Gasteiger partial charge in [0.15, 0.2) is 0 Å². The van der Waals surface area contributed by atoms with E-state index >= 15 is 0 Å². The number of likely N-dealkylation sites (tertiary alicyclic amines) is 1. The largest absolute Gasteiger partial charge is 0.444 e.